The zero-order chi connectivity index (χ0) is 19.7. The zero-order valence-electron chi connectivity index (χ0n) is 17.7. The van der Waals surface area contributed by atoms with Gasteiger partial charge in [0.25, 0.3) is 0 Å². The van der Waals surface area contributed by atoms with Gasteiger partial charge < -0.3 is 20.1 Å². The molecule has 2 unspecified atom stereocenters. The number of benzene rings is 1. The Morgan fingerprint density at radius 3 is 2.52 bits per heavy atom. The normalized spacial score (nSPS) is 21.1. The van der Waals surface area contributed by atoms with Gasteiger partial charge in [-0.2, -0.15) is 0 Å². The van der Waals surface area contributed by atoms with Gasteiger partial charge in [0.2, 0.25) is 0 Å². The second-order valence-corrected chi connectivity index (χ2v) is 8.32. The molecule has 5 heteroatoms. The SMILES string of the molecule is CCOCc1ccc(CNC(=NC)NCC2CCCOC2C(C)(C)C)cc1. The average molecular weight is 376 g/mol. The fourth-order valence-corrected chi connectivity index (χ4v) is 3.62. The van der Waals surface area contributed by atoms with Crippen LogP contribution < -0.4 is 10.6 Å². The van der Waals surface area contributed by atoms with Crippen molar-refractivity contribution in [3.05, 3.63) is 35.4 Å². The molecule has 0 amide bonds. The molecule has 1 aliphatic heterocycles. The topological polar surface area (TPSA) is 54.9 Å². The van der Waals surface area contributed by atoms with Crippen LogP contribution in [-0.4, -0.2) is 38.9 Å². The molecule has 0 saturated carbocycles. The van der Waals surface area contributed by atoms with E-state index in [4.69, 9.17) is 9.47 Å². The van der Waals surface area contributed by atoms with Crippen LogP contribution in [0.3, 0.4) is 0 Å². The van der Waals surface area contributed by atoms with Crippen LogP contribution in [0.15, 0.2) is 29.3 Å². The monoisotopic (exact) mass is 375 g/mol. The molecule has 1 aromatic carbocycles. The van der Waals surface area contributed by atoms with Gasteiger partial charge in [0.05, 0.1) is 12.7 Å². The van der Waals surface area contributed by atoms with E-state index in [1.807, 2.05) is 14.0 Å². The van der Waals surface area contributed by atoms with Crippen molar-refractivity contribution in [3.8, 4) is 0 Å². The van der Waals surface area contributed by atoms with Crippen molar-refractivity contribution in [2.45, 2.75) is 59.8 Å². The van der Waals surface area contributed by atoms with Gasteiger partial charge in [-0.15, -0.1) is 0 Å². The molecule has 0 bridgehead atoms. The first-order valence-corrected chi connectivity index (χ1v) is 10.2. The van der Waals surface area contributed by atoms with Crippen LogP contribution in [0.4, 0.5) is 0 Å². The highest BCUT2D eigenvalue weighted by molar-refractivity contribution is 5.79. The smallest absolute Gasteiger partial charge is 0.191 e. The molecule has 0 spiro atoms. The Morgan fingerprint density at radius 2 is 1.89 bits per heavy atom. The predicted octanol–water partition coefficient (Wildman–Crippen LogP) is 3.73. The number of guanidine groups is 1. The van der Waals surface area contributed by atoms with Gasteiger partial charge in [-0.3, -0.25) is 4.99 Å². The zero-order valence-corrected chi connectivity index (χ0v) is 17.7. The second kappa shape index (κ2) is 10.7. The van der Waals surface area contributed by atoms with Gasteiger partial charge in [-0.1, -0.05) is 45.0 Å². The van der Waals surface area contributed by atoms with Crippen LogP contribution in [0.25, 0.3) is 0 Å². The molecular weight excluding hydrogens is 338 g/mol. The Hall–Kier alpha value is -1.59. The summed E-state index contributed by atoms with van der Waals surface area (Å²) in [7, 11) is 1.82. The number of hydrogen-bond donors (Lipinski definition) is 2. The Balaban J connectivity index is 1.81. The molecule has 5 nitrogen and oxygen atoms in total. The van der Waals surface area contributed by atoms with Crippen molar-refractivity contribution < 1.29 is 9.47 Å². The van der Waals surface area contributed by atoms with Crippen molar-refractivity contribution in [3.63, 3.8) is 0 Å². The average Bonchev–Trinajstić information content (AvgIpc) is 2.67. The Morgan fingerprint density at radius 1 is 1.19 bits per heavy atom. The van der Waals surface area contributed by atoms with Crippen molar-refractivity contribution >= 4 is 5.96 Å². The summed E-state index contributed by atoms with van der Waals surface area (Å²) >= 11 is 0. The van der Waals surface area contributed by atoms with Gasteiger partial charge in [0.15, 0.2) is 5.96 Å². The third-order valence-electron chi connectivity index (χ3n) is 5.01. The summed E-state index contributed by atoms with van der Waals surface area (Å²) in [6.07, 6.45) is 2.63. The Labute approximate surface area is 164 Å². The maximum Gasteiger partial charge on any atom is 0.191 e. The van der Waals surface area contributed by atoms with Crippen LogP contribution in [-0.2, 0) is 22.6 Å². The van der Waals surface area contributed by atoms with E-state index < -0.39 is 0 Å². The van der Waals surface area contributed by atoms with Crippen molar-refractivity contribution in [2.24, 2.45) is 16.3 Å². The lowest BCUT2D eigenvalue weighted by Crippen LogP contribution is -2.47. The van der Waals surface area contributed by atoms with Crippen molar-refractivity contribution in [2.75, 3.05) is 26.8 Å². The minimum atomic E-state index is 0.160. The van der Waals surface area contributed by atoms with E-state index in [0.29, 0.717) is 12.5 Å². The van der Waals surface area contributed by atoms with Gasteiger partial charge in [0, 0.05) is 39.3 Å². The molecule has 2 rings (SSSR count). The van der Waals surface area contributed by atoms with E-state index in [9.17, 15) is 0 Å². The molecule has 0 radical (unpaired) electrons. The molecule has 1 heterocycles. The summed E-state index contributed by atoms with van der Waals surface area (Å²) in [6.45, 7) is 12.7. The third-order valence-corrected chi connectivity index (χ3v) is 5.01. The highest BCUT2D eigenvalue weighted by atomic mass is 16.5. The molecule has 0 aromatic heterocycles. The third kappa shape index (κ3) is 7.15. The molecule has 1 aliphatic rings. The summed E-state index contributed by atoms with van der Waals surface area (Å²) in [5.74, 6) is 1.35. The van der Waals surface area contributed by atoms with Gasteiger partial charge in [0.1, 0.15) is 0 Å². The highest BCUT2D eigenvalue weighted by Gasteiger charge is 2.35. The number of hydrogen-bond acceptors (Lipinski definition) is 3. The maximum atomic E-state index is 6.08. The minimum absolute atomic E-state index is 0.160. The molecule has 2 atom stereocenters. The summed E-state index contributed by atoms with van der Waals surface area (Å²) in [5.41, 5.74) is 2.59. The predicted molar refractivity (Wildman–Crippen MR) is 112 cm³/mol. The van der Waals surface area contributed by atoms with Crippen LogP contribution in [0.5, 0.6) is 0 Å². The standard InChI is InChI=1S/C22H37N3O2/c1-6-26-16-18-11-9-17(10-12-18)14-24-21(23-5)25-15-19-8-7-13-27-20(19)22(2,3)4/h9-12,19-20H,6-8,13-16H2,1-5H3,(H2,23,24,25). The molecule has 0 aliphatic carbocycles. The van der Waals surface area contributed by atoms with Gasteiger partial charge >= 0.3 is 0 Å². The first-order chi connectivity index (χ1) is 12.9. The molecule has 27 heavy (non-hydrogen) atoms. The number of aliphatic imine (C=N–C) groups is 1. The molecule has 2 N–H and O–H groups in total. The van der Waals surface area contributed by atoms with Crippen LogP contribution in [0, 0.1) is 11.3 Å². The fourth-order valence-electron chi connectivity index (χ4n) is 3.62. The first-order valence-electron chi connectivity index (χ1n) is 10.2. The highest BCUT2D eigenvalue weighted by Crippen LogP contribution is 2.33. The summed E-state index contributed by atoms with van der Waals surface area (Å²) in [6, 6.07) is 8.52. The van der Waals surface area contributed by atoms with Crippen molar-refractivity contribution in [1.29, 1.82) is 0 Å². The van der Waals surface area contributed by atoms with E-state index >= 15 is 0 Å². The quantitative estimate of drug-likeness (QED) is 0.563. The Bertz CT molecular complexity index is 578. The molecule has 1 fully saturated rings. The lowest BCUT2D eigenvalue weighted by atomic mass is 9.78. The number of nitrogens with one attached hydrogen (secondary N) is 2. The minimum Gasteiger partial charge on any atom is -0.377 e. The summed E-state index contributed by atoms with van der Waals surface area (Å²) in [5, 5.41) is 6.90. The maximum absolute atomic E-state index is 6.08. The lowest BCUT2D eigenvalue weighted by Gasteiger charge is -2.40. The van der Waals surface area contributed by atoms with Gasteiger partial charge in [-0.05, 0) is 36.3 Å². The number of rotatable bonds is 7. The largest absolute Gasteiger partial charge is 0.377 e. The van der Waals surface area contributed by atoms with Crippen LogP contribution in [0.2, 0.25) is 0 Å². The van der Waals surface area contributed by atoms with E-state index in [2.05, 4.69) is 60.7 Å². The number of ether oxygens (including phenoxy) is 2. The van der Waals surface area contributed by atoms with E-state index in [0.717, 1.165) is 38.7 Å². The summed E-state index contributed by atoms with van der Waals surface area (Å²) in [4.78, 5) is 4.37. The second-order valence-electron chi connectivity index (χ2n) is 8.32. The van der Waals surface area contributed by atoms with Crippen LogP contribution >= 0.6 is 0 Å². The van der Waals surface area contributed by atoms with Crippen LogP contribution in [0.1, 0.15) is 51.7 Å². The lowest BCUT2D eigenvalue weighted by molar-refractivity contribution is -0.0835. The summed E-state index contributed by atoms with van der Waals surface area (Å²) < 4.78 is 11.5. The van der Waals surface area contributed by atoms with Crippen molar-refractivity contribution in [1.82, 2.24) is 10.6 Å². The molecule has 152 valence electrons. The van der Waals surface area contributed by atoms with E-state index in [1.165, 1.54) is 17.5 Å². The van der Waals surface area contributed by atoms with Gasteiger partial charge in [-0.25, -0.2) is 0 Å². The first kappa shape index (κ1) is 21.7. The molecule has 1 saturated heterocycles. The fraction of sp³-hybridized carbons (Fsp3) is 0.682. The van der Waals surface area contributed by atoms with E-state index in [1.54, 1.807) is 0 Å². The molecule has 1 aromatic rings. The molecular formula is C22H37N3O2. The van der Waals surface area contributed by atoms with E-state index in [-0.39, 0.29) is 11.5 Å². The number of nitrogens with zero attached hydrogens (tertiary/aromatic N) is 1. The Kier molecular flexibility index (Phi) is 8.58.